The van der Waals surface area contributed by atoms with Gasteiger partial charge in [-0.3, -0.25) is 9.48 Å². The Morgan fingerprint density at radius 1 is 1.13 bits per heavy atom. The SMILES string of the molecule is Cn1ncc2cc(C3CCC(OC[C@@H]4CN(C(=O)Cc5ncccn5)CC[C@@H]4NS(C)(=O)=O)CC3)ccc21. The van der Waals surface area contributed by atoms with Crippen molar-refractivity contribution in [3.05, 3.63) is 54.2 Å². The van der Waals surface area contributed by atoms with E-state index in [9.17, 15) is 13.2 Å². The van der Waals surface area contributed by atoms with E-state index in [1.54, 1.807) is 23.4 Å². The third-order valence-electron chi connectivity index (χ3n) is 7.84. The van der Waals surface area contributed by atoms with Gasteiger partial charge in [0.2, 0.25) is 15.9 Å². The van der Waals surface area contributed by atoms with Crippen LogP contribution in [0.1, 0.15) is 49.4 Å². The molecule has 1 amide bonds. The van der Waals surface area contributed by atoms with E-state index < -0.39 is 10.0 Å². The first kappa shape index (κ1) is 26.7. The maximum Gasteiger partial charge on any atom is 0.230 e. The molecule has 1 aromatic carbocycles. The second kappa shape index (κ2) is 11.5. The molecule has 3 aromatic rings. The van der Waals surface area contributed by atoms with Crippen LogP contribution in [0.5, 0.6) is 0 Å². The van der Waals surface area contributed by atoms with E-state index in [-0.39, 0.29) is 30.4 Å². The molecule has 38 heavy (non-hydrogen) atoms. The molecular formula is C27H36N6O4S. The number of nitrogens with one attached hydrogen (secondary N) is 1. The normalized spacial score (nSPS) is 24.5. The second-order valence-electron chi connectivity index (χ2n) is 10.6. The number of aryl methyl sites for hydroxylation is 1. The van der Waals surface area contributed by atoms with Crippen LogP contribution in [-0.4, -0.2) is 77.1 Å². The average molecular weight is 541 g/mol. The Morgan fingerprint density at radius 3 is 2.63 bits per heavy atom. The molecule has 2 atom stereocenters. The number of nitrogens with zero attached hydrogens (tertiary/aromatic N) is 5. The summed E-state index contributed by atoms with van der Waals surface area (Å²) in [6.07, 6.45) is 11.2. The van der Waals surface area contributed by atoms with Gasteiger partial charge in [-0.2, -0.15) is 5.10 Å². The molecule has 1 N–H and O–H groups in total. The van der Waals surface area contributed by atoms with Crippen LogP contribution in [0.25, 0.3) is 10.9 Å². The number of amides is 1. The highest BCUT2D eigenvalue weighted by atomic mass is 32.2. The summed E-state index contributed by atoms with van der Waals surface area (Å²) in [6.45, 7) is 1.34. The van der Waals surface area contributed by atoms with E-state index in [0.29, 0.717) is 37.9 Å². The third-order valence-corrected chi connectivity index (χ3v) is 8.57. The third kappa shape index (κ3) is 6.57. The van der Waals surface area contributed by atoms with Gasteiger partial charge in [-0.05, 0) is 61.8 Å². The minimum Gasteiger partial charge on any atom is -0.378 e. The Hall–Kier alpha value is -2.89. The van der Waals surface area contributed by atoms with Crippen LogP contribution in [0.4, 0.5) is 0 Å². The fourth-order valence-corrected chi connectivity index (χ4v) is 6.64. The topological polar surface area (TPSA) is 119 Å². The molecule has 0 unspecified atom stereocenters. The van der Waals surface area contributed by atoms with E-state index in [0.717, 1.165) is 31.2 Å². The Balaban J connectivity index is 1.17. The summed E-state index contributed by atoms with van der Waals surface area (Å²) in [6, 6.07) is 8.07. The van der Waals surface area contributed by atoms with Crippen molar-refractivity contribution in [1.29, 1.82) is 0 Å². The lowest BCUT2D eigenvalue weighted by atomic mass is 9.82. The Morgan fingerprint density at radius 2 is 1.89 bits per heavy atom. The molecular weight excluding hydrogens is 504 g/mol. The van der Waals surface area contributed by atoms with Crippen LogP contribution in [0.15, 0.2) is 42.9 Å². The molecule has 2 fully saturated rings. The summed E-state index contributed by atoms with van der Waals surface area (Å²) in [5.41, 5.74) is 2.49. The number of carbonyl (C=O) groups is 1. The molecule has 0 radical (unpaired) electrons. The van der Waals surface area contributed by atoms with Crippen molar-refractivity contribution in [2.45, 2.75) is 56.6 Å². The minimum absolute atomic E-state index is 0.0508. The van der Waals surface area contributed by atoms with E-state index in [2.05, 4.69) is 38.0 Å². The van der Waals surface area contributed by atoms with Crippen LogP contribution < -0.4 is 4.72 Å². The number of hydrogen-bond donors (Lipinski definition) is 1. The summed E-state index contributed by atoms with van der Waals surface area (Å²) >= 11 is 0. The smallest absolute Gasteiger partial charge is 0.230 e. The zero-order valence-corrected chi connectivity index (χ0v) is 22.8. The van der Waals surface area contributed by atoms with Crippen LogP contribution in [0.2, 0.25) is 0 Å². The predicted molar refractivity (Wildman–Crippen MR) is 144 cm³/mol. The highest BCUT2D eigenvalue weighted by Gasteiger charge is 2.34. The van der Waals surface area contributed by atoms with Gasteiger partial charge < -0.3 is 9.64 Å². The number of fused-ring (bicyclic) bond motifs is 1. The molecule has 3 heterocycles. The number of carbonyl (C=O) groups excluding carboxylic acids is 1. The van der Waals surface area contributed by atoms with Crippen LogP contribution in [-0.2, 0) is 33.0 Å². The Bertz CT molecular complexity index is 1350. The molecule has 2 aliphatic rings. The molecule has 1 aliphatic heterocycles. The van der Waals surface area contributed by atoms with Crippen molar-refractivity contribution in [2.24, 2.45) is 13.0 Å². The average Bonchev–Trinajstić information content (AvgIpc) is 3.28. The van der Waals surface area contributed by atoms with E-state index in [1.807, 2.05) is 17.9 Å². The minimum atomic E-state index is -3.37. The summed E-state index contributed by atoms with van der Waals surface area (Å²) in [7, 11) is -1.42. The summed E-state index contributed by atoms with van der Waals surface area (Å²) < 4.78 is 35.0. The number of piperidine rings is 1. The lowest BCUT2D eigenvalue weighted by molar-refractivity contribution is -0.133. The van der Waals surface area contributed by atoms with Crippen molar-refractivity contribution in [3.63, 3.8) is 0 Å². The highest BCUT2D eigenvalue weighted by Crippen LogP contribution is 2.35. The fourth-order valence-electron chi connectivity index (χ4n) is 5.78. The predicted octanol–water partition coefficient (Wildman–Crippen LogP) is 2.42. The number of rotatable bonds is 8. The number of likely N-dealkylation sites (tertiary alicyclic amines) is 1. The molecule has 11 heteroatoms. The van der Waals surface area contributed by atoms with Gasteiger partial charge in [0, 0.05) is 49.9 Å². The second-order valence-corrected chi connectivity index (χ2v) is 12.4. The van der Waals surface area contributed by atoms with Gasteiger partial charge in [0.1, 0.15) is 5.82 Å². The molecule has 5 rings (SSSR count). The van der Waals surface area contributed by atoms with Gasteiger partial charge in [-0.15, -0.1) is 0 Å². The first-order valence-electron chi connectivity index (χ1n) is 13.3. The number of hydrogen-bond acceptors (Lipinski definition) is 7. The largest absolute Gasteiger partial charge is 0.378 e. The first-order valence-corrected chi connectivity index (χ1v) is 15.2. The molecule has 1 saturated carbocycles. The zero-order valence-electron chi connectivity index (χ0n) is 22.0. The Kier molecular flexibility index (Phi) is 8.06. The molecule has 0 bridgehead atoms. The lowest BCUT2D eigenvalue weighted by Gasteiger charge is -2.39. The van der Waals surface area contributed by atoms with E-state index in [1.165, 1.54) is 17.2 Å². The first-order chi connectivity index (χ1) is 18.2. The molecule has 204 valence electrons. The van der Waals surface area contributed by atoms with E-state index in [4.69, 9.17) is 4.74 Å². The number of ether oxygens (including phenoxy) is 1. The van der Waals surface area contributed by atoms with Crippen molar-refractivity contribution in [2.75, 3.05) is 26.0 Å². The lowest BCUT2D eigenvalue weighted by Crippen LogP contribution is -2.54. The number of benzene rings is 1. The monoisotopic (exact) mass is 540 g/mol. The van der Waals surface area contributed by atoms with Crippen molar-refractivity contribution < 1.29 is 17.9 Å². The highest BCUT2D eigenvalue weighted by molar-refractivity contribution is 7.88. The van der Waals surface area contributed by atoms with Crippen LogP contribution in [0.3, 0.4) is 0 Å². The van der Waals surface area contributed by atoms with Crippen LogP contribution >= 0.6 is 0 Å². The maximum absolute atomic E-state index is 12.9. The van der Waals surface area contributed by atoms with Gasteiger partial charge >= 0.3 is 0 Å². The van der Waals surface area contributed by atoms with Gasteiger partial charge in [0.25, 0.3) is 0 Å². The molecule has 0 spiro atoms. The van der Waals surface area contributed by atoms with Crippen LogP contribution in [0, 0.1) is 5.92 Å². The zero-order chi connectivity index (χ0) is 26.7. The molecule has 1 saturated heterocycles. The Labute approximate surface area is 223 Å². The number of sulfonamides is 1. The fraction of sp³-hybridized carbons (Fsp3) is 0.556. The van der Waals surface area contributed by atoms with Gasteiger partial charge in [-0.1, -0.05) is 6.07 Å². The summed E-state index contributed by atoms with van der Waals surface area (Å²) in [5, 5.41) is 5.52. The quantitative estimate of drug-likeness (QED) is 0.466. The van der Waals surface area contributed by atoms with Crippen molar-refractivity contribution in [3.8, 4) is 0 Å². The summed E-state index contributed by atoms with van der Waals surface area (Å²) in [5.74, 6) is 0.818. The molecule has 10 nitrogen and oxygen atoms in total. The number of aromatic nitrogens is 4. The van der Waals surface area contributed by atoms with Crippen molar-refractivity contribution in [1.82, 2.24) is 29.4 Å². The van der Waals surface area contributed by atoms with Crippen molar-refractivity contribution >= 4 is 26.8 Å². The molecule has 1 aliphatic carbocycles. The van der Waals surface area contributed by atoms with E-state index >= 15 is 0 Å². The summed E-state index contributed by atoms with van der Waals surface area (Å²) in [4.78, 5) is 23.0. The van der Waals surface area contributed by atoms with Gasteiger partial charge in [0.15, 0.2) is 0 Å². The molecule has 2 aromatic heterocycles. The maximum atomic E-state index is 12.9. The standard InChI is InChI=1S/C27H36N6O4S/c1-32-25-9-6-20(14-21(25)16-30-32)19-4-7-23(8-5-19)37-18-22-17-33(13-10-24(22)31-38(2,35)36)27(34)15-26-28-11-3-12-29-26/h3,6,9,11-12,14,16,19,22-24,31H,4-5,7-8,10,13,15,17-18H2,1-2H3/t19?,22-,23?,24-/m0/s1. The van der Waals surface area contributed by atoms with Gasteiger partial charge in [-0.25, -0.2) is 23.1 Å². The van der Waals surface area contributed by atoms with Gasteiger partial charge in [0.05, 0.1) is 37.1 Å².